The molecule has 24 heavy (non-hydrogen) atoms. The normalized spacial score (nSPS) is 16.5. The first-order chi connectivity index (χ1) is 11.7. The lowest BCUT2D eigenvalue weighted by Crippen LogP contribution is -2.40. The Labute approximate surface area is 145 Å². The van der Waals surface area contributed by atoms with Gasteiger partial charge in [0, 0.05) is 11.6 Å². The molecule has 6 nitrogen and oxygen atoms in total. The summed E-state index contributed by atoms with van der Waals surface area (Å²) in [6.45, 7) is 1.42. The van der Waals surface area contributed by atoms with Gasteiger partial charge in [0.25, 0.3) is 0 Å². The number of nitrogens with one attached hydrogen (secondary N) is 3. The molecule has 1 aromatic heterocycles. The predicted octanol–water partition coefficient (Wildman–Crippen LogP) is 2.96. The number of H-pyrrole nitrogens is 1. The van der Waals surface area contributed by atoms with Crippen LogP contribution in [0.4, 0.5) is 4.79 Å². The largest absolute Gasteiger partial charge is 0.375 e. The van der Waals surface area contributed by atoms with Crippen LogP contribution in [0.2, 0.25) is 5.02 Å². The second-order valence-electron chi connectivity index (χ2n) is 5.83. The number of nitrogens with zero attached hydrogens (tertiary/aromatic N) is 1. The zero-order valence-corrected chi connectivity index (χ0v) is 14.1. The fourth-order valence-corrected chi connectivity index (χ4v) is 2.95. The third kappa shape index (κ3) is 4.49. The van der Waals surface area contributed by atoms with Gasteiger partial charge in [-0.3, -0.25) is 5.10 Å². The fraction of sp³-hybridized carbons (Fsp3) is 0.412. The molecule has 0 bridgehead atoms. The van der Waals surface area contributed by atoms with Gasteiger partial charge < -0.3 is 15.4 Å². The molecule has 1 aliphatic rings. The first-order valence-electron chi connectivity index (χ1n) is 8.11. The highest BCUT2D eigenvalue weighted by atomic mass is 35.5. The van der Waals surface area contributed by atoms with Gasteiger partial charge in [0.1, 0.15) is 0 Å². The van der Waals surface area contributed by atoms with Crippen LogP contribution in [-0.4, -0.2) is 29.4 Å². The minimum atomic E-state index is -0.183. The van der Waals surface area contributed by atoms with E-state index < -0.39 is 0 Å². The highest BCUT2D eigenvalue weighted by Crippen LogP contribution is 2.27. The van der Waals surface area contributed by atoms with E-state index >= 15 is 0 Å². The molecule has 3 N–H and O–H groups in total. The van der Waals surface area contributed by atoms with Crippen LogP contribution < -0.4 is 10.6 Å². The van der Waals surface area contributed by atoms with E-state index in [1.807, 2.05) is 30.5 Å². The number of aryl methyl sites for hydroxylation is 1. The lowest BCUT2D eigenvalue weighted by atomic mass is 9.94. The molecule has 0 fully saturated rings. The fourth-order valence-electron chi connectivity index (χ4n) is 2.82. The van der Waals surface area contributed by atoms with Gasteiger partial charge in [0.15, 0.2) is 0 Å². The lowest BCUT2D eigenvalue weighted by Gasteiger charge is -2.23. The lowest BCUT2D eigenvalue weighted by molar-refractivity contribution is 0.123. The summed E-state index contributed by atoms with van der Waals surface area (Å²) >= 11 is 5.83. The van der Waals surface area contributed by atoms with Gasteiger partial charge in [-0.1, -0.05) is 23.7 Å². The molecule has 2 aromatic rings. The third-order valence-corrected chi connectivity index (χ3v) is 4.31. The predicted molar refractivity (Wildman–Crippen MR) is 91.9 cm³/mol. The van der Waals surface area contributed by atoms with E-state index in [1.54, 1.807) is 0 Å². The van der Waals surface area contributed by atoms with Crippen LogP contribution in [0.15, 0.2) is 30.5 Å². The Morgan fingerprint density at radius 1 is 1.38 bits per heavy atom. The van der Waals surface area contributed by atoms with Crippen molar-refractivity contribution in [1.82, 2.24) is 20.8 Å². The topological polar surface area (TPSA) is 79.0 Å². The third-order valence-electron chi connectivity index (χ3n) is 4.06. The highest BCUT2D eigenvalue weighted by molar-refractivity contribution is 6.30. The molecule has 1 atom stereocenters. The maximum Gasteiger partial charge on any atom is 0.315 e. The van der Waals surface area contributed by atoms with E-state index in [9.17, 15) is 4.79 Å². The van der Waals surface area contributed by atoms with Crippen molar-refractivity contribution in [3.8, 4) is 0 Å². The van der Waals surface area contributed by atoms with Gasteiger partial charge in [-0.05, 0) is 42.5 Å². The van der Waals surface area contributed by atoms with E-state index in [1.165, 1.54) is 5.56 Å². The Hall–Kier alpha value is -2.05. The number of aromatic amines is 1. The number of fused-ring (bicyclic) bond motifs is 1. The SMILES string of the molecule is O=C(NCCOCc1ccc(Cl)cc1)N[C@@H]1CCCc2cn[nH]c21. The van der Waals surface area contributed by atoms with Crippen molar-refractivity contribution >= 4 is 17.6 Å². The monoisotopic (exact) mass is 348 g/mol. The molecule has 0 saturated carbocycles. The number of hydrogen-bond acceptors (Lipinski definition) is 3. The summed E-state index contributed by atoms with van der Waals surface area (Å²) in [6, 6.07) is 7.34. The summed E-state index contributed by atoms with van der Waals surface area (Å²) in [5, 5.41) is 13.6. The highest BCUT2D eigenvalue weighted by Gasteiger charge is 2.23. The Kier molecular flexibility index (Phi) is 5.72. The quantitative estimate of drug-likeness (QED) is 0.702. The second-order valence-corrected chi connectivity index (χ2v) is 6.27. The van der Waals surface area contributed by atoms with Crippen LogP contribution in [-0.2, 0) is 17.8 Å². The number of ether oxygens (including phenoxy) is 1. The summed E-state index contributed by atoms with van der Waals surface area (Å²) in [6.07, 6.45) is 4.84. The Bertz CT molecular complexity index is 671. The number of aromatic nitrogens is 2. The van der Waals surface area contributed by atoms with Crippen LogP contribution in [0.5, 0.6) is 0 Å². The zero-order valence-electron chi connectivity index (χ0n) is 13.3. The van der Waals surface area contributed by atoms with Crippen molar-refractivity contribution in [1.29, 1.82) is 0 Å². The summed E-state index contributed by atoms with van der Waals surface area (Å²) in [5.74, 6) is 0. The van der Waals surface area contributed by atoms with Gasteiger partial charge in [0.2, 0.25) is 0 Å². The van der Waals surface area contributed by atoms with E-state index in [-0.39, 0.29) is 12.1 Å². The Morgan fingerprint density at radius 3 is 3.04 bits per heavy atom. The van der Waals surface area contributed by atoms with Gasteiger partial charge in [-0.15, -0.1) is 0 Å². The standard InChI is InChI=1S/C17H21ClN4O2/c18-14-6-4-12(5-7-14)11-24-9-8-19-17(23)21-15-3-1-2-13-10-20-22-16(13)15/h4-7,10,15H,1-3,8-9,11H2,(H,20,22)(H2,19,21,23)/t15-/m1/s1. The van der Waals surface area contributed by atoms with Crippen molar-refractivity contribution < 1.29 is 9.53 Å². The number of benzene rings is 1. The number of carbonyl (C=O) groups is 1. The maximum atomic E-state index is 12.0. The number of carbonyl (C=O) groups excluding carboxylic acids is 1. The maximum absolute atomic E-state index is 12.0. The summed E-state index contributed by atoms with van der Waals surface area (Å²) < 4.78 is 5.54. The number of hydrogen-bond donors (Lipinski definition) is 3. The number of amides is 2. The average Bonchev–Trinajstić information content (AvgIpc) is 3.06. The summed E-state index contributed by atoms with van der Waals surface area (Å²) in [7, 11) is 0. The molecule has 2 amide bonds. The minimum absolute atomic E-state index is 0.00577. The average molecular weight is 349 g/mol. The van der Waals surface area contributed by atoms with E-state index in [0.717, 1.165) is 30.5 Å². The van der Waals surface area contributed by atoms with Gasteiger partial charge in [-0.25, -0.2) is 4.79 Å². The molecule has 7 heteroatoms. The van der Waals surface area contributed by atoms with Crippen LogP contribution in [0.1, 0.15) is 35.7 Å². The second kappa shape index (κ2) is 8.17. The van der Waals surface area contributed by atoms with Crippen molar-refractivity contribution in [2.45, 2.75) is 31.9 Å². The molecule has 0 unspecified atom stereocenters. The summed E-state index contributed by atoms with van der Waals surface area (Å²) in [4.78, 5) is 12.0. The summed E-state index contributed by atoms with van der Waals surface area (Å²) in [5.41, 5.74) is 3.27. The zero-order chi connectivity index (χ0) is 16.8. The Morgan fingerprint density at radius 2 is 2.21 bits per heavy atom. The molecule has 0 radical (unpaired) electrons. The number of halogens is 1. The minimum Gasteiger partial charge on any atom is -0.375 e. The van der Waals surface area contributed by atoms with Crippen LogP contribution >= 0.6 is 11.6 Å². The van der Waals surface area contributed by atoms with E-state index in [4.69, 9.17) is 16.3 Å². The first kappa shape index (κ1) is 16.8. The molecule has 0 aliphatic heterocycles. The number of urea groups is 1. The van der Waals surface area contributed by atoms with E-state index in [2.05, 4.69) is 20.8 Å². The van der Waals surface area contributed by atoms with Crippen LogP contribution in [0.3, 0.4) is 0 Å². The van der Waals surface area contributed by atoms with Crippen LogP contribution in [0, 0.1) is 0 Å². The molecule has 128 valence electrons. The molecular weight excluding hydrogens is 328 g/mol. The van der Waals surface area contributed by atoms with Crippen molar-refractivity contribution in [3.05, 3.63) is 52.3 Å². The number of rotatable bonds is 6. The van der Waals surface area contributed by atoms with Gasteiger partial charge in [-0.2, -0.15) is 5.10 Å². The molecule has 1 heterocycles. The smallest absolute Gasteiger partial charge is 0.315 e. The molecule has 0 spiro atoms. The molecule has 3 rings (SSSR count). The van der Waals surface area contributed by atoms with Crippen molar-refractivity contribution in [3.63, 3.8) is 0 Å². The Balaban J connectivity index is 1.34. The molecule has 0 saturated heterocycles. The molecule has 1 aromatic carbocycles. The molecular formula is C17H21ClN4O2. The van der Waals surface area contributed by atoms with Gasteiger partial charge in [0.05, 0.1) is 31.1 Å². The van der Waals surface area contributed by atoms with Gasteiger partial charge >= 0.3 is 6.03 Å². The first-order valence-corrected chi connectivity index (χ1v) is 8.49. The molecule has 1 aliphatic carbocycles. The van der Waals surface area contributed by atoms with Crippen molar-refractivity contribution in [2.24, 2.45) is 0 Å². The van der Waals surface area contributed by atoms with E-state index in [0.29, 0.717) is 24.8 Å². The van der Waals surface area contributed by atoms with Crippen molar-refractivity contribution in [2.75, 3.05) is 13.2 Å². The van der Waals surface area contributed by atoms with Crippen LogP contribution in [0.25, 0.3) is 0 Å².